The van der Waals surface area contributed by atoms with Gasteiger partial charge in [-0.05, 0) is 31.4 Å². The lowest BCUT2D eigenvalue weighted by Gasteiger charge is -2.22. The summed E-state index contributed by atoms with van der Waals surface area (Å²) in [6.45, 7) is 0.788. The molecule has 0 N–H and O–H groups in total. The van der Waals surface area contributed by atoms with Crippen molar-refractivity contribution < 1.29 is 4.74 Å². The molecule has 16 heavy (non-hydrogen) atoms. The van der Waals surface area contributed by atoms with Gasteiger partial charge in [-0.15, -0.1) is 0 Å². The van der Waals surface area contributed by atoms with Gasteiger partial charge in [0.2, 0.25) is 0 Å². The first-order valence-electron chi connectivity index (χ1n) is 5.46. The van der Waals surface area contributed by atoms with E-state index in [2.05, 4.69) is 10.1 Å². The van der Waals surface area contributed by atoms with Crippen molar-refractivity contribution in [2.75, 3.05) is 6.61 Å². The molecule has 5 heteroatoms. The van der Waals surface area contributed by atoms with Crippen LogP contribution in [0.3, 0.4) is 0 Å². The minimum Gasteiger partial charge on any atom is -0.356 e. The molecule has 84 valence electrons. The van der Waals surface area contributed by atoms with E-state index in [1.54, 1.807) is 10.9 Å². The van der Waals surface area contributed by atoms with Gasteiger partial charge in [0, 0.05) is 12.8 Å². The first kappa shape index (κ1) is 10.1. The zero-order chi connectivity index (χ0) is 11.0. The molecular formula is C11H12ClN3O. The summed E-state index contributed by atoms with van der Waals surface area (Å²) in [6, 6.07) is 3.79. The lowest BCUT2D eigenvalue weighted by atomic mass is 10.2. The Bertz CT molecular complexity index is 505. The summed E-state index contributed by atoms with van der Waals surface area (Å²) in [5, 5.41) is 5.69. The molecule has 1 aliphatic rings. The fraction of sp³-hybridized carbons (Fsp3) is 0.455. The second-order valence-corrected chi connectivity index (χ2v) is 4.29. The van der Waals surface area contributed by atoms with E-state index in [0.29, 0.717) is 5.15 Å². The van der Waals surface area contributed by atoms with Gasteiger partial charge in [0.05, 0.1) is 5.39 Å². The molecule has 1 aliphatic heterocycles. The summed E-state index contributed by atoms with van der Waals surface area (Å²) in [4.78, 5) is 4.31. The fourth-order valence-corrected chi connectivity index (χ4v) is 2.28. The van der Waals surface area contributed by atoms with Gasteiger partial charge in [0.15, 0.2) is 17.0 Å². The predicted molar refractivity (Wildman–Crippen MR) is 61.4 cm³/mol. The molecule has 0 saturated carbocycles. The first-order valence-corrected chi connectivity index (χ1v) is 5.84. The van der Waals surface area contributed by atoms with E-state index >= 15 is 0 Å². The molecule has 1 fully saturated rings. The van der Waals surface area contributed by atoms with Gasteiger partial charge in [-0.1, -0.05) is 11.6 Å². The summed E-state index contributed by atoms with van der Waals surface area (Å²) in [7, 11) is 0. The molecule has 2 aromatic heterocycles. The molecule has 2 aromatic rings. The number of fused-ring (bicyclic) bond motifs is 1. The maximum absolute atomic E-state index is 6.07. The van der Waals surface area contributed by atoms with Crippen molar-refractivity contribution in [3.05, 3.63) is 23.5 Å². The van der Waals surface area contributed by atoms with Crippen molar-refractivity contribution in [2.45, 2.75) is 25.5 Å². The predicted octanol–water partition coefficient (Wildman–Crippen LogP) is 2.78. The highest BCUT2D eigenvalue weighted by atomic mass is 35.5. The number of aromatic nitrogens is 3. The Morgan fingerprint density at radius 3 is 3.19 bits per heavy atom. The number of hydrogen-bond donors (Lipinski definition) is 0. The molecule has 0 spiro atoms. The number of ether oxygens (including phenoxy) is 1. The van der Waals surface area contributed by atoms with Gasteiger partial charge >= 0.3 is 0 Å². The average molecular weight is 238 g/mol. The van der Waals surface area contributed by atoms with Crippen LogP contribution >= 0.6 is 11.6 Å². The molecule has 0 aromatic carbocycles. The SMILES string of the molecule is Clc1nn([C@H]2CCCCO2)c2ncccc12. The normalized spacial score (nSPS) is 21.4. The van der Waals surface area contributed by atoms with Gasteiger partial charge in [0.1, 0.15) is 0 Å². The Hall–Kier alpha value is -1.13. The van der Waals surface area contributed by atoms with E-state index in [1.165, 1.54) is 0 Å². The third kappa shape index (κ3) is 1.58. The third-order valence-electron chi connectivity index (χ3n) is 2.85. The summed E-state index contributed by atoms with van der Waals surface area (Å²) < 4.78 is 7.49. The van der Waals surface area contributed by atoms with Crippen LogP contribution in [-0.4, -0.2) is 21.4 Å². The van der Waals surface area contributed by atoms with E-state index in [-0.39, 0.29) is 6.23 Å². The Morgan fingerprint density at radius 1 is 1.44 bits per heavy atom. The monoisotopic (exact) mass is 237 g/mol. The standard InChI is InChI=1S/C11H12ClN3O/c12-10-8-4-3-6-13-11(8)15(14-10)9-5-1-2-7-16-9/h3-4,6,9H,1-2,5,7H2/t9-/m1/s1. The molecule has 4 nitrogen and oxygen atoms in total. The van der Waals surface area contributed by atoms with Crippen LogP contribution < -0.4 is 0 Å². The third-order valence-corrected chi connectivity index (χ3v) is 3.13. The molecule has 0 aliphatic carbocycles. The molecule has 3 rings (SSSR count). The number of nitrogens with zero attached hydrogens (tertiary/aromatic N) is 3. The van der Waals surface area contributed by atoms with Gasteiger partial charge in [-0.3, -0.25) is 0 Å². The molecule has 0 bridgehead atoms. The second-order valence-electron chi connectivity index (χ2n) is 3.93. The van der Waals surface area contributed by atoms with Crippen LogP contribution in [0, 0.1) is 0 Å². The maximum atomic E-state index is 6.07. The lowest BCUT2D eigenvalue weighted by molar-refractivity contribution is -0.0369. The maximum Gasteiger partial charge on any atom is 0.162 e. The van der Waals surface area contributed by atoms with E-state index in [4.69, 9.17) is 16.3 Å². The highest BCUT2D eigenvalue weighted by Gasteiger charge is 2.20. The fourth-order valence-electron chi connectivity index (χ4n) is 2.05. The van der Waals surface area contributed by atoms with E-state index < -0.39 is 0 Å². The van der Waals surface area contributed by atoms with E-state index in [9.17, 15) is 0 Å². The van der Waals surface area contributed by atoms with Crippen LogP contribution in [0.4, 0.5) is 0 Å². The molecular weight excluding hydrogens is 226 g/mol. The van der Waals surface area contributed by atoms with E-state index in [0.717, 1.165) is 36.9 Å². The Morgan fingerprint density at radius 2 is 2.38 bits per heavy atom. The highest BCUT2D eigenvalue weighted by molar-refractivity contribution is 6.34. The van der Waals surface area contributed by atoms with Gasteiger partial charge in [-0.2, -0.15) is 5.10 Å². The Kier molecular flexibility index (Phi) is 2.53. The zero-order valence-electron chi connectivity index (χ0n) is 8.77. The summed E-state index contributed by atoms with van der Waals surface area (Å²) >= 11 is 6.07. The quantitative estimate of drug-likeness (QED) is 0.766. The minimum absolute atomic E-state index is 0.0151. The molecule has 0 unspecified atom stereocenters. The van der Waals surface area contributed by atoms with Crippen LogP contribution in [0.25, 0.3) is 11.0 Å². The lowest BCUT2D eigenvalue weighted by Crippen LogP contribution is -2.19. The number of pyridine rings is 1. The summed E-state index contributed by atoms with van der Waals surface area (Å²) in [6.07, 6.45) is 5.00. The molecule has 1 atom stereocenters. The van der Waals surface area contributed by atoms with Crippen LogP contribution in [0.1, 0.15) is 25.5 Å². The van der Waals surface area contributed by atoms with Crippen molar-refractivity contribution in [2.24, 2.45) is 0 Å². The van der Waals surface area contributed by atoms with Crippen molar-refractivity contribution in [1.29, 1.82) is 0 Å². The number of hydrogen-bond acceptors (Lipinski definition) is 3. The highest BCUT2D eigenvalue weighted by Crippen LogP contribution is 2.28. The average Bonchev–Trinajstić information content (AvgIpc) is 2.69. The van der Waals surface area contributed by atoms with Gasteiger partial charge in [0.25, 0.3) is 0 Å². The van der Waals surface area contributed by atoms with Crippen LogP contribution in [0.5, 0.6) is 0 Å². The topological polar surface area (TPSA) is 39.9 Å². The molecule has 1 saturated heterocycles. The molecule has 0 amide bonds. The number of halogens is 1. The minimum atomic E-state index is -0.0151. The van der Waals surface area contributed by atoms with Crippen molar-refractivity contribution in [1.82, 2.24) is 14.8 Å². The summed E-state index contributed by atoms with van der Waals surface area (Å²) in [5.41, 5.74) is 0.805. The van der Waals surface area contributed by atoms with Gasteiger partial charge < -0.3 is 4.74 Å². The van der Waals surface area contributed by atoms with Crippen molar-refractivity contribution >= 4 is 22.6 Å². The molecule has 0 radical (unpaired) electrons. The van der Waals surface area contributed by atoms with Crippen molar-refractivity contribution in [3.63, 3.8) is 0 Å². The van der Waals surface area contributed by atoms with Crippen molar-refractivity contribution in [3.8, 4) is 0 Å². The van der Waals surface area contributed by atoms with Gasteiger partial charge in [-0.25, -0.2) is 9.67 Å². The van der Waals surface area contributed by atoms with Crippen LogP contribution in [0.2, 0.25) is 5.15 Å². The largest absolute Gasteiger partial charge is 0.356 e. The first-order chi connectivity index (χ1) is 7.86. The van der Waals surface area contributed by atoms with E-state index in [1.807, 2.05) is 12.1 Å². The Labute approximate surface area is 98.2 Å². The van der Waals surface area contributed by atoms with Crippen LogP contribution in [0.15, 0.2) is 18.3 Å². The smallest absolute Gasteiger partial charge is 0.162 e. The zero-order valence-corrected chi connectivity index (χ0v) is 9.52. The second kappa shape index (κ2) is 4.03. The number of rotatable bonds is 1. The Balaban J connectivity index is 2.08. The van der Waals surface area contributed by atoms with Crippen LogP contribution in [-0.2, 0) is 4.74 Å². The molecule has 3 heterocycles. The summed E-state index contributed by atoms with van der Waals surface area (Å²) in [5.74, 6) is 0.